The van der Waals surface area contributed by atoms with Crippen LogP contribution in [0.25, 0.3) is 0 Å². The number of sulfonamides is 1. The lowest BCUT2D eigenvalue weighted by Gasteiger charge is -2.35. The molecule has 1 aliphatic carbocycles. The molecule has 1 unspecified atom stereocenters. The van der Waals surface area contributed by atoms with Crippen molar-refractivity contribution in [1.82, 2.24) is 4.31 Å². The van der Waals surface area contributed by atoms with Crippen molar-refractivity contribution in [2.45, 2.75) is 61.7 Å². The van der Waals surface area contributed by atoms with Crippen LogP contribution in [0, 0.1) is 0 Å². The zero-order valence-corrected chi connectivity index (χ0v) is 19.3. The molecule has 10 heteroatoms. The molecule has 1 atom stereocenters. The highest BCUT2D eigenvalue weighted by Gasteiger charge is 2.49. The van der Waals surface area contributed by atoms with Gasteiger partial charge in [0.1, 0.15) is 10.3 Å². The van der Waals surface area contributed by atoms with Gasteiger partial charge in [0.2, 0.25) is 11.8 Å². The third kappa shape index (κ3) is 4.35. The van der Waals surface area contributed by atoms with Gasteiger partial charge in [0.05, 0.1) is 12.1 Å². The molecule has 2 aromatic rings. The lowest BCUT2D eigenvalue weighted by Crippen LogP contribution is -2.51. The summed E-state index contributed by atoms with van der Waals surface area (Å²) in [5.41, 5.74) is 0.898. The Labute approximate surface area is 191 Å². The smallest absolute Gasteiger partial charge is 0.253 e. The van der Waals surface area contributed by atoms with Gasteiger partial charge in [-0.25, -0.2) is 13.3 Å². The van der Waals surface area contributed by atoms with Crippen molar-refractivity contribution in [2.24, 2.45) is 0 Å². The average molecular weight is 476 g/mol. The molecule has 2 heterocycles. The summed E-state index contributed by atoms with van der Waals surface area (Å²) in [6.45, 7) is 1.39. The molecule has 2 fully saturated rings. The highest BCUT2D eigenvalue weighted by atomic mass is 32.2. The summed E-state index contributed by atoms with van der Waals surface area (Å²) in [5, 5.41) is 4.33. The molecule has 1 saturated heterocycles. The van der Waals surface area contributed by atoms with Crippen LogP contribution in [0.4, 0.5) is 11.4 Å². The molecule has 8 nitrogen and oxygen atoms in total. The van der Waals surface area contributed by atoms with Crippen molar-refractivity contribution >= 4 is 50.5 Å². The molecule has 4 rings (SSSR count). The third-order valence-electron chi connectivity index (χ3n) is 5.84. The number of nitrogens with zero attached hydrogens (tertiary/aromatic N) is 2. The van der Waals surface area contributed by atoms with E-state index in [0.29, 0.717) is 24.2 Å². The lowest BCUT2D eigenvalue weighted by molar-refractivity contribution is -0.122. The Morgan fingerprint density at radius 3 is 2.38 bits per heavy atom. The van der Waals surface area contributed by atoms with Crippen molar-refractivity contribution in [3.63, 3.8) is 0 Å². The Hall–Kier alpha value is -2.56. The van der Waals surface area contributed by atoms with Crippen molar-refractivity contribution in [1.29, 1.82) is 0 Å². The minimum Gasteiger partial charge on any atom is -0.326 e. The van der Waals surface area contributed by atoms with Gasteiger partial charge in [0, 0.05) is 18.7 Å². The number of hydrogen-bond donors (Lipinski definition) is 1. The van der Waals surface area contributed by atoms with Crippen LogP contribution >= 0.6 is 11.3 Å². The van der Waals surface area contributed by atoms with Gasteiger partial charge in [0.25, 0.3) is 15.9 Å². The maximum Gasteiger partial charge on any atom is 0.253 e. The first-order chi connectivity index (χ1) is 15.3. The number of benzene rings is 1. The predicted octanol–water partition coefficient (Wildman–Crippen LogP) is 3.36. The normalized spacial score (nSPS) is 20.2. The quantitative estimate of drug-likeness (QED) is 0.645. The van der Waals surface area contributed by atoms with Crippen molar-refractivity contribution in [3.8, 4) is 0 Å². The number of nitrogens with one attached hydrogen (secondary N) is 1. The van der Waals surface area contributed by atoms with Gasteiger partial charge < -0.3 is 5.32 Å². The van der Waals surface area contributed by atoms with Crippen LogP contribution in [0.5, 0.6) is 0 Å². The largest absolute Gasteiger partial charge is 0.326 e. The summed E-state index contributed by atoms with van der Waals surface area (Å²) in [6, 6.07) is 8.19. The van der Waals surface area contributed by atoms with Gasteiger partial charge in [-0.2, -0.15) is 4.31 Å². The van der Waals surface area contributed by atoms with Gasteiger partial charge in [0.15, 0.2) is 0 Å². The van der Waals surface area contributed by atoms with Gasteiger partial charge in [-0.15, -0.1) is 11.3 Å². The second-order valence-electron chi connectivity index (χ2n) is 8.07. The maximum absolute atomic E-state index is 13.5. The molecule has 1 saturated carbocycles. The van der Waals surface area contributed by atoms with Crippen LogP contribution in [-0.2, 0) is 24.4 Å². The molecule has 1 aromatic heterocycles. The third-order valence-corrected chi connectivity index (χ3v) is 9.17. The van der Waals surface area contributed by atoms with Crippen LogP contribution in [-0.4, -0.2) is 42.5 Å². The van der Waals surface area contributed by atoms with Crippen LogP contribution in [0.15, 0.2) is 46.0 Å². The van der Waals surface area contributed by atoms with E-state index < -0.39 is 27.9 Å². The Kier molecular flexibility index (Phi) is 6.45. The molecular weight excluding hydrogens is 450 g/mol. The summed E-state index contributed by atoms with van der Waals surface area (Å²) in [5.74, 6) is -1.20. The summed E-state index contributed by atoms with van der Waals surface area (Å²) in [7, 11) is -3.92. The number of hydrogen-bond acceptors (Lipinski definition) is 6. The predicted molar refractivity (Wildman–Crippen MR) is 122 cm³/mol. The Balaban J connectivity index is 1.66. The maximum atomic E-state index is 13.5. The van der Waals surface area contributed by atoms with Crippen LogP contribution < -0.4 is 10.2 Å². The molecule has 2 aliphatic rings. The molecule has 0 radical (unpaired) electrons. The summed E-state index contributed by atoms with van der Waals surface area (Å²) < 4.78 is 28.6. The highest BCUT2D eigenvalue weighted by molar-refractivity contribution is 7.91. The van der Waals surface area contributed by atoms with E-state index in [1.165, 1.54) is 17.3 Å². The Bertz CT molecular complexity index is 1110. The lowest BCUT2D eigenvalue weighted by atomic mass is 9.94. The van der Waals surface area contributed by atoms with Gasteiger partial charge in [-0.05, 0) is 48.6 Å². The first kappa shape index (κ1) is 22.6. The molecule has 170 valence electrons. The molecular formula is C22H25N3O5S2. The topological polar surface area (TPSA) is 104 Å². The molecule has 1 aromatic carbocycles. The van der Waals surface area contributed by atoms with E-state index in [1.807, 2.05) is 0 Å². The first-order valence-corrected chi connectivity index (χ1v) is 12.9. The number of carbonyl (C=O) groups excluding carboxylic acids is 3. The standard InChI is InChI=1S/C22H25N3O5S2/c1-15(26)23-16-9-11-17(12-10-16)24-20(27)14-19(22(24)28)25(18-6-3-2-4-7-18)32(29,30)21-8-5-13-31-21/h5,8-13,18-19H,2-4,6-7,14H2,1H3,(H,23,26). The minimum atomic E-state index is -3.92. The van der Waals surface area contributed by atoms with E-state index in [-0.39, 0.29) is 22.6 Å². The van der Waals surface area contributed by atoms with Gasteiger partial charge in [-0.3, -0.25) is 14.4 Å². The van der Waals surface area contributed by atoms with E-state index in [0.717, 1.165) is 35.5 Å². The van der Waals surface area contributed by atoms with Crippen molar-refractivity contribution in [3.05, 3.63) is 41.8 Å². The van der Waals surface area contributed by atoms with Gasteiger partial charge >= 0.3 is 0 Å². The van der Waals surface area contributed by atoms with Crippen LogP contribution in [0.1, 0.15) is 45.4 Å². The van der Waals surface area contributed by atoms with E-state index in [9.17, 15) is 22.8 Å². The van der Waals surface area contributed by atoms with Crippen molar-refractivity contribution < 1.29 is 22.8 Å². The molecule has 3 amide bonds. The monoisotopic (exact) mass is 475 g/mol. The van der Waals surface area contributed by atoms with E-state index >= 15 is 0 Å². The second-order valence-corrected chi connectivity index (χ2v) is 11.1. The average Bonchev–Trinajstić information content (AvgIpc) is 3.39. The number of rotatable bonds is 6. The number of amides is 3. The summed E-state index contributed by atoms with van der Waals surface area (Å²) >= 11 is 1.11. The number of imide groups is 1. The molecule has 0 spiro atoms. The molecule has 1 N–H and O–H groups in total. The van der Waals surface area contributed by atoms with E-state index in [1.54, 1.807) is 35.7 Å². The Morgan fingerprint density at radius 2 is 1.78 bits per heavy atom. The van der Waals surface area contributed by atoms with E-state index in [4.69, 9.17) is 0 Å². The van der Waals surface area contributed by atoms with Gasteiger partial charge in [-0.1, -0.05) is 25.3 Å². The SMILES string of the molecule is CC(=O)Nc1ccc(N2C(=O)CC(N(C3CCCCC3)S(=O)(=O)c3cccs3)C2=O)cc1. The van der Waals surface area contributed by atoms with Crippen LogP contribution in [0.3, 0.4) is 0 Å². The summed E-state index contributed by atoms with van der Waals surface area (Å²) in [6.07, 6.45) is 3.98. The first-order valence-electron chi connectivity index (χ1n) is 10.6. The van der Waals surface area contributed by atoms with Crippen molar-refractivity contribution in [2.75, 3.05) is 10.2 Å². The molecule has 1 aliphatic heterocycles. The Morgan fingerprint density at radius 1 is 1.09 bits per heavy atom. The minimum absolute atomic E-state index is 0.182. The molecule has 0 bridgehead atoms. The second kappa shape index (κ2) is 9.13. The highest BCUT2D eigenvalue weighted by Crippen LogP contribution is 2.36. The number of carbonyl (C=O) groups is 3. The fourth-order valence-electron chi connectivity index (χ4n) is 4.45. The fraction of sp³-hybridized carbons (Fsp3) is 0.409. The molecule has 32 heavy (non-hydrogen) atoms. The fourth-order valence-corrected chi connectivity index (χ4v) is 7.37. The van der Waals surface area contributed by atoms with Crippen LogP contribution in [0.2, 0.25) is 0 Å². The number of thiophene rings is 1. The zero-order chi connectivity index (χ0) is 22.9. The number of anilines is 2. The zero-order valence-electron chi connectivity index (χ0n) is 17.7. The summed E-state index contributed by atoms with van der Waals surface area (Å²) in [4.78, 5) is 38.6. The van der Waals surface area contributed by atoms with E-state index in [2.05, 4.69) is 5.32 Å².